The van der Waals surface area contributed by atoms with Gasteiger partial charge in [-0.3, -0.25) is 0 Å². The van der Waals surface area contributed by atoms with Crippen molar-refractivity contribution in [1.29, 1.82) is 0 Å². The number of carboxylic acids is 1. The number of aliphatic hydroxyl groups is 1. The van der Waals surface area contributed by atoms with Crippen molar-refractivity contribution in [3.05, 3.63) is 35.4 Å². The molecule has 0 amide bonds. The van der Waals surface area contributed by atoms with E-state index in [0.29, 0.717) is 5.75 Å². The second kappa shape index (κ2) is 5.92. The molecule has 0 atom stereocenters. The highest BCUT2D eigenvalue weighted by Gasteiger charge is 1.99. The van der Waals surface area contributed by atoms with Crippen LogP contribution in [0.1, 0.15) is 12.5 Å². The number of aliphatic hydroxyl groups excluding tert-OH is 1. The molecular formula is C12H14O4. The lowest BCUT2D eigenvalue weighted by Crippen LogP contribution is -2.01. The maximum Gasteiger partial charge on any atom is 0.331 e. The van der Waals surface area contributed by atoms with Gasteiger partial charge >= 0.3 is 5.97 Å². The SMILES string of the molecule is C/C(=C\c1ccc(OCCO)cc1)C(=O)O. The summed E-state index contributed by atoms with van der Waals surface area (Å²) < 4.78 is 5.18. The van der Waals surface area contributed by atoms with E-state index in [1.54, 1.807) is 37.3 Å². The minimum absolute atomic E-state index is 0.0280. The normalized spacial score (nSPS) is 11.2. The Labute approximate surface area is 93.8 Å². The van der Waals surface area contributed by atoms with Gasteiger partial charge in [-0.1, -0.05) is 12.1 Å². The third-order valence-corrected chi connectivity index (χ3v) is 1.96. The molecule has 0 fully saturated rings. The van der Waals surface area contributed by atoms with E-state index in [4.69, 9.17) is 14.9 Å². The number of aliphatic carboxylic acids is 1. The molecule has 2 N–H and O–H groups in total. The zero-order valence-electron chi connectivity index (χ0n) is 9.01. The van der Waals surface area contributed by atoms with Gasteiger partial charge in [-0.15, -0.1) is 0 Å². The Bertz CT molecular complexity index is 379. The Morgan fingerprint density at radius 3 is 2.50 bits per heavy atom. The average molecular weight is 222 g/mol. The summed E-state index contributed by atoms with van der Waals surface area (Å²) in [5.74, 6) is -0.278. The highest BCUT2D eigenvalue weighted by Crippen LogP contribution is 2.14. The van der Waals surface area contributed by atoms with Crippen LogP contribution < -0.4 is 4.74 Å². The first kappa shape index (κ1) is 12.3. The molecule has 1 aromatic carbocycles. The van der Waals surface area contributed by atoms with E-state index in [9.17, 15) is 4.79 Å². The van der Waals surface area contributed by atoms with Crippen molar-refractivity contribution >= 4 is 12.0 Å². The molecule has 0 saturated heterocycles. The second-order valence-corrected chi connectivity index (χ2v) is 3.27. The van der Waals surface area contributed by atoms with Gasteiger partial charge < -0.3 is 14.9 Å². The Kier molecular flexibility index (Phi) is 4.54. The number of carbonyl (C=O) groups is 1. The highest BCUT2D eigenvalue weighted by molar-refractivity contribution is 5.91. The van der Waals surface area contributed by atoms with E-state index in [-0.39, 0.29) is 18.8 Å². The molecule has 0 spiro atoms. The van der Waals surface area contributed by atoms with E-state index in [2.05, 4.69) is 0 Å². The van der Waals surface area contributed by atoms with Gasteiger partial charge in [-0.2, -0.15) is 0 Å². The maximum atomic E-state index is 10.6. The molecule has 86 valence electrons. The highest BCUT2D eigenvalue weighted by atomic mass is 16.5. The summed E-state index contributed by atoms with van der Waals surface area (Å²) in [6.07, 6.45) is 1.58. The number of benzene rings is 1. The van der Waals surface area contributed by atoms with Crippen LogP contribution in [0.2, 0.25) is 0 Å². The summed E-state index contributed by atoms with van der Waals surface area (Å²) >= 11 is 0. The van der Waals surface area contributed by atoms with Crippen molar-refractivity contribution in [2.75, 3.05) is 13.2 Å². The molecule has 0 aliphatic rings. The zero-order valence-corrected chi connectivity index (χ0v) is 9.01. The van der Waals surface area contributed by atoms with E-state index in [1.807, 2.05) is 0 Å². The molecule has 0 radical (unpaired) electrons. The minimum Gasteiger partial charge on any atom is -0.491 e. The molecule has 4 heteroatoms. The number of carboxylic acid groups (broad SMARTS) is 1. The maximum absolute atomic E-state index is 10.6. The Morgan fingerprint density at radius 2 is 2.00 bits per heavy atom. The first-order valence-electron chi connectivity index (χ1n) is 4.89. The second-order valence-electron chi connectivity index (χ2n) is 3.27. The summed E-state index contributed by atoms with van der Waals surface area (Å²) in [4.78, 5) is 10.6. The summed E-state index contributed by atoms with van der Waals surface area (Å²) in [6, 6.07) is 6.99. The fraction of sp³-hybridized carbons (Fsp3) is 0.250. The Balaban J connectivity index is 2.71. The van der Waals surface area contributed by atoms with Gasteiger partial charge in [0.15, 0.2) is 0 Å². The molecule has 0 bridgehead atoms. The summed E-state index contributed by atoms with van der Waals surface area (Å²) in [7, 11) is 0. The Morgan fingerprint density at radius 1 is 1.38 bits per heavy atom. The van der Waals surface area contributed by atoms with Gasteiger partial charge in [0.05, 0.1) is 6.61 Å². The molecule has 0 saturated carbocycles. The predicted octanol–water partition coefficient (Wildman–Crippen LogP) is 1.55. The van der Waals surface area contributed by atoms with Crippen LogP contribution in [0.15, 0.2) is 29.8 Å². The molecule has 0 heterocycles. The standard InChI is InChI=1S/C12H14O4/c1-9(12(14)15)8-10-2-4-11(5-3-10)16-7-6-13/h2-5,8,13H,6-7H2,1H3,(H,14,15)/b9-8+. The first-order valence-corrected chi connectivity index (χ1v) is 4.89. The zero-order chi connectivity index (χ0) is 12.0. The summed E-state index contributed by atoms with van der Waals surface area (Å²) in [5, 5.41) is 17.3. The summed E-state index contributed by atoms with van der Waals surface area (Å²) in [5.41, 5.74) is 1.08. The lowest BCUT2D eigenvalue weighted by atomic mass is 10.1. The van der Waals surface area contributed by atoms with Crippen molar-refractivity contribution in [2.45, 2.75) is 6.92 Å². The molecule has 0 aromatic heterocycles. The van der Waals surface area contributed by atoms with Crippen LogP contribution in [0.5, 0.6) is 5.75 Å². The van der Waals surface area contributed by atoms with Crippen LogP contribution >= 0.6 is 0 Å². The van der Waals surface area contributed by atoms with Gasteiger partial charge in [-0.05, 0) is 30.7 Å². The van der Waals surface area contributed by atoms with Crippen LogP contribution in [0, 0.1) is 0 Å². The minimum atomic E-state index is -0.930. The molecule has 1 rings (SSSR count). The molecule has 0 aliphatic heterocycles. The third kappa shape index (κ3) is 3.74. The molecule has 0 aliphatic carbocycles. The number of hydrogen-bond acceptors (Lipinski definition) is 3. The van der Waals surface area contributed by atoms with E-state index in [1.165, 1.54) is 0 Å². The van der Waals surface area contributed by atoms with Gasteiger partial charge in [0.1, 0.15) is 12.4 Å². The lowest BCUT2D eigenvalue weighted by Gasteiger charge is -2.03. The molecular weight excluding hydrogens is 208 g/mol. The van der Waals surface area contributed by atoms with Crippen LogP contribution in [0.4, 0.5) is 0 Å². The van der Waals surface area contributed by atoms with E-state index >= 15 is 0 Å². The van der Waals surface area contributed by atoms with Crippen LogP contribution in [0.25, 0.3) is 6.08 Å². The van der Waals surface area contributed by atoms with Gasteiger partial charge in [0.25, 0.3) is 0 Å². The number of hydrogen-bond donors (Lipinski definition) is 2. The largest absolute Gasteiger partial charge is 0.491 e. The van der Waals surface area contributed by atoms with Crippen molar-refractivity contribution < 1.29 is 19.7 Å². The first-order chi connectivity index (χ1) is 7.63. The van der Waals surface area contributed by atoms with Gasteiger partial charge in [0.2, 0.25) is 0 Å². The topological polar surface area (TPSA) is 66.8 Å². The monoisotopic (exact) mass is 222 g/mol. The molecule has 0 unspecified atom stereocenters. The smallest absolute Gasteiger partial charge is 0.331 e. The van der Waals surface area contributed by atoms with E-state index in [0.717, 1.165) is 5.56 Å². The van der Waals surface area contributed by atoms with Crippen molar-refractivity contribution in [3.63, 3.8) is 0 Å². The van der Waals surface area contributed by atoms with Crippen LogP contribution in [-0.4, -0.2) is 29.4 Å². The molecule has 1 aromatic rings. The van der Waals surface area contributed by atoms with Crippen molar-refractivity contribution in [3.8, 4) is 5.75 Å². The van der Waals surface area contributed by atoms with Gasteiger partial charge in [0, 0.05) is 5.57 Å². The third-order valence-electron chi connectivity index (χ3n) is 1.96. The van der Waals surface area contributed by atoms with Crippen LogP contribution in [-0.2, 0) is 4.79 Å². The van der Waals surface area contributed by atoms with Crippen molar-refractivity contribution in [2.24, 2.45) is 0 Å². The lowest BCUT2D eigenvalue weighted by molar-refractivity contribution is -0.132. The summed E-state index contributed by atoms with van der Waals surface area (Å²) in [6.45, 7) is 1.77. The van der Waals surface area contributed by atoms with Crippen LogP contribution in [0.3, 0.4) is 0 Å². The average Bonchev–Trinajstić information content (AvgIpc) is 2.28. The Hall–Kier alpha value is -1.81. The number of ether oxygens (including phenoxy) is 1. The molecule has 4 nitrogen and oxygen atoms in total. The molecule has 16 heavy (non-hydrogen) atoms. The fourth-order valence-electron chi connectivity index (χ4n) is 1.14. The number of rotatable bonds is 5. The van der Waals surface area contributed by atoms with Gasteiger partial charge in [-0.25, -0.2) is 4.79 Å². The van der Waals surface area contributed by atoms with E-state index < -0.39 is 5.97 Å². The fourth-order valence-corrected chi connectivity index (χ4v) is 1.14. The predicted molar refractivity (Wildman–Crippen MR) is 60.3 cm³/mol. The quantitative estimate of drug-likeness (QED) is 0.742. The van der Waals surface area contributed by atoms with Crippen molar-refractivity contribution in [1.82, 2.24) is 0 Å².